The SMILES string of the molecule is O=C(CNC(=O)N1CCOCC1)Nc1ccc(N2CCCCC2)cc1. The highest BCUT2D eigenvalue weighted by Crippen LogP contribution is 2.21. The summed E-state index contributed by atoms with van der Waals surface area (Å²) in [6.07, 6.45) is 3.78. The van der Waals surface area contributed by atoms with Gasteiger partial charge in [-0.1, -0.05) is 0 Å². The Morgan fingerprint density at radius 3 is 2.32 bits per heavy atom. The summed E-state index contributed by atoms with van der Waals surface area (Å²) in [4.78, 5) is 28.0. The van der Waals surface area contributed by atoms with Gasteiger partial charge in [-0.3, -0.25) is 4.79 Å². The van der Waals surface area contributed by atoms with Crippen LogP contribution in [0.15, 0.2) is 24.3 Å². The molecule has 0 saturated carbocycles. The number of hydrogen-bond acceptors (Lipinski definition) is 4. The molecule has 0 aromatic heterocycles. The molecule has 136 valence electrons. The van der Waals surface area contributed by atoms with Crippen molar-refractivity contribution in [3.8, 4) is 0 Å². The second-order valence-corrected chi connectivity index (χ2v) is 6.40. The van der Waals surface area contributed by atoms with Crippen molar-refractivity contribution in [2.75, 3.05) is 56.2 Å². The fourth-order valence-corrected chi connectivity index (χ4v) is 3.15. The highest BCUT2D eigenvalue weighted by molar-refractivity contribution is 5.94. The van der Waals surface area contributed by atoms with Gasteiger partial charge in [0.25, 0.3) is 0 Å². The summed E-state index contributed by atoms with van der Waals surface area (Å²) in [5.74, 6) is -0.229. The topological polar surface area (TPSA) is 73.9 Å². The predicted molar refractivity (Wildman–Crippen MR) is 96.9 cm³/mol. The van der Waals surface area contributed by atoms with E-state index in [9.17, 15) is 9.59 Å². The number of benzene rings is 1. The quantitative estimate of drug-likeness (QED) is 0.870. The van der Waals surface area contributed by atoms with Crippen molar-refractivity contribution in [3.63, 3.8) is 0 Å². The summed E-state index contributed by atoms with van der Waals surface area (Å²) in [7, 11) is 0. The van der Waals surface area contributed by atoms with E-state index in [0.717, 1.165) is 18.8 Å². The van der Waals surface area contributed by atoms with Gasteiger partial charge >= 0.3 is 6.03 Å². The number of carbonyl (C=O) groups excluding carboxylic acids is 2. The minimum Gasteiger partial charge on any atom is -0.378 e. The summed E-state index contributed by atoms with van der Waals surface area (Å²) in [5.41, 5.74) is 1.93. The average molecular weight is 346 g/mol. The van der Waals surface area contributed by atoms with Crippen LogP contribution in [-0.2, 0) is 9.53 Å². The third-order valence-electron chi connectivity index (χ3n) is 4.57. The Morgan fingerprint density at radius 1 is 0.960 bits per heavy atom. The van der Waals surface area contributed by atoms with Crippen molar-refractivity contribution >= 4 is 23.3 Å². The van der Waals surface area contributed by atoms with Crippen molar-refractivity contribution < 1.29 is 14.3 Å². The molecule has 0 atom stereocenters. The van der Waals surface area contributed by atoms with Crippen LogP contribution in [0, 0.1) is 0 Å². The molecule has 0 aliphatic carbocycles. The minimum absolute atomic E-state index is 0.0376. The number of piperidine rings is 1. The van der Waals surface area contributed by atoms with Gasteiger partial charge < -0.3 is 25.2 Å². The smallest absolute Gasteiger partial charge is 0.317 e. The van der Waals surface area contributed by atoms with E-state index in [1.54, 1.807) is 4.90 Å². The first-order valence-electron chi connectivity index (χ1n) is 8.98. The molecule has 0 unspecified atom stereocenters. The third kappa shape index (κ3) is 5.09. The monoisotopic (exact) mass is 346 g/mol. The fraction of sp³-hybridized carbons (Fsp3) is 0.556. The van der Waals surface area contributed by atoms with E-state index in [2.05, 4.69) is 15.5 Å². The average Bonchev–Trinajstić information content (AvgIpc) is 2.68. The molecule has 2 fully saturated rings. The maximum atomic E-state index is 12.0. The normalized spacial score (nSPS) is 17.9. The molecule has 0 radical (unpaired) electrons. The van der Waals surface area contributed by atoms with E-state index in [0.29, 0.717) is 26.3 Å². The zero-order chi connectivity index (χ0) is 17.5. The van der Waals surface area contributed by atoms with Gasteiger partial charge in [-0.05, 0) is 43.5 Å². The first kappa shape index (κ1) is 17.5. The molecule has 25 heavy (non-hydrogen) atoms. The van der Waals surface area contributed by atoms with Gasteiger partial charge in [-0.25, -0.2) is 4.79 Å². The molecular weight excluding hydrogens is 320 g/mol. The highest BCUT2D eigenvalue weighted by atomic mass is 16.5. The van der Waals surface area contributed by atoms with Gasteiger partial charge in [0.15, 0.2) is 0 Å². The molecule has 2 aliphatic heterocycles. The summed E-state index contributed by atoms with van der Waals surface area (Å²) >= 11 is 0. The predicted octanol–water partition coefficient (Wildman–Crippen LogP) is 1.66. The summed E-state index contributed by atoms with van der Waals surface area (Å²) < 4.78 is 5.20. The van der Waals surface area contributed by atoms with E-state index in [1.165, 1.54) is 24.9 Å². The van der Waals surface area contributed by atoms with Gasteiger partial charge in [0, 0.05) is 37.6 Å². The van der Waals surface area contributed by atoms with Crippen LogP contribution in [0.25, 0.3) is 0 Å². The lowest BCUT2D eigenvalue weighted by atomic mass is 10.1. The Balaban J connectivity index is 1.43. The Hall–Kier alpha value is -2.28. The number of anilines is 2. The lowest BCUT2D eigenvalue weighted by Gasteiger charge is -2.28. The van der Waals surface area contributed by atoms with Gasteiger partial charge in [0.2, 0.25) is 5.91 Å². The number of nitrogens with one attached hydrogen (secondary N) is 2. The Bertz CT molecular complexity index is 578. The van der Waals surface area contributed by atoms with Crippen LogP contribution in [0.5, 0.6) is 0 Å². The van der Waals surface area contributed by atoms with Crippen molar-refractivity contribution in [2.45, 2.75) is 19.3 Å². The van der Waals surface area contributed by atoms with Crippen LogP contribution < -0.4 is 15.5 Å². The van der Waals surface area contributed by atoms with E-state index in [1.807, 2.05) is 24.3 Å². The number of urea groups is 1. The van der Waals surface area contributed by atoms with E-state index in [4.69, 9.17) is 4.74 Å². The lowest BCUT2D eigenvalue weighted by molar-refractivity contribution is -0.115. The third-order valence-corrected chi connectivity index (χ3v) is 4.57. The first-order chi connectivity index (χ1) is 12.2. The van der Waals surface area contributed by atoms with E-state index < -0.39 is 0 Å². The van der Waals surface area contributed by atoms with E-state index in [-0.39, 0.29) is 18.5 Å². The fourth-order valence-electron chi connectivity index (χ4n) is 3.15. The van der Waals surface area contributed by atoms with Gasteiger partial charge in [-0.15, -0.1) is 0 Å². The molecular formula is C18H26N4O3. The Morgan fingerprint density at radius 2 is 1.64 bits per heavy atom. The molecule has 3 amide bonds. The van der Waals surface area contributed by atoms with E-state index >= 15 is 0 Å². The summed E-state index contributed by atoms with van der Waals surface area (Å²) in [6.45, 7) is 4.37. The summed E-state index contributed by atoms with van der Waals surface area (Å²) in [5, 5.41) is 5.46. The second-order valence-electron chi connectivity index (χ2n) is 6.40. The lowest BCUT2D eigenvalue weighted by Crippen LogP contribution is -2.47. The number of carbonyl (C=O) groups is 2. The molecule has 2 heterocycles. The summed E-state index contributed by atoms with van der Waals surface area (Å²) in [6, 6.07) is 7.66. The molecule has 3 rings (SSSR count). The second kappa shape index (κ2) is 8.71. The number of ether oxygens (including phenoxy) is 1. The molecule has 7 heteroatoms. The van der Waals surface area contributed by atoms with Gasteiger partial charge in [-0.2, -0.15) is 0 Å². The Labute approximate surface area is 148 Å². The maximum absolute atomic E-state index is 12.0. The van der Waals surface area contributed by atoms with Crippen LogP contribution in [0.2, 0.25) is 0 Å². The molecule has 2 saturated heterocycles. The van der Waals surface area contributed by atoms with Crippen molar-refractivity contribution in [3.05, 3.63) is 24.3 Å². The molecule has 0 spiro atoms. The van der Waals surface area contributed by atoms with Crippen LogP contribution in [0.1, 0.15) is 19.3 Å². The van der Waals surface area contributed by atoms with Crippen LogP contribution in [0.3, 0.4) is 0 Å². The number of morpholine rings is 1. The number of nitrogens with zero attached hydrogens (tertiary/aromatic N) is 2. The van der Waals surface area contributed by atoms with Crippen molar-refractivity contribution in [1.29, 1.82) is 0 Å². The zero-order valence-corrected chi connectivity index (χ0v) is 14.5. The van der Waals surface area contributed by atoms with Crippen molar-refractivity contribution in [2.24, 2.45) is 0 Å². The van der Waals surface area contributed by atoms with Crippen LogP contribution >= 0.6 is 0 Å². The van der Waals surface area contributed by atoms with Crippen LogP contribution in [0.4, 0.5) is 16.2 Å². The zero-order valence-electron chi connectivity index (χ0n) is 14.5. The number of hydrogen-bond donors (Lipinski definition) is 2. The molecule has 2 N–H and O–H groups in total. The molecule has 2 aliphatic rings. The van der Waals surface area contributed by atoms with Crippen LogP contribution in [-0.4, -0.2) is 62.8 Å². The molecule has 1 aromatic carbocycles. The number of amides is 3. The molecule has 0 bridgehead atoms. The first-order valence-corrected chi connectivity index (χ1v) is 8.98. The largest absolute Gasteiger partial charge is 0.378 e. The maximum Gasteiger partial charge on any atom is 0.317 e. The van der Waals surface area contributed by atoms with Gasteiger partial charge in [0.05, 0.1) is 19.8 Å². The minimum atomic E-state index is -0.229. The highest BCUT2D eigenvalue weighted by Gasteiger charge is 2.17. The Kier molecular flexibility index (Phi) is 6.11. The standard InChI is InChI=1S/C18H26N4O3/c23-17(14-19-18(24)22-10-12-25-13-11-22)20-15-4-6-16(7-5-15)21-8-2-1-3-9-21/h4-7H,1-3,8-14H2,(H,19,24)(H,20,23). The van der Waals surface area contributed by atoms with Crippen molar-refractivity contribution in [1.82, 2.24) is 10.2 Å². The molecule has 1 aromatic rings. The van der Waals surface area contributed by atoms with Gasteiger partial charge in [0.1, 0.15) is 0 Å². The molecule has 7 nitrogen and oxygen atoms in total. The number of rotatable bonds is 4.